The average molecular weight is 543 g/mol. The molecule has 0 radical (unpaired) electrons. The minimum atomic E-state index is 0. The number of aryl methyl sites for hydroxylation is 1. The second-order valence-corrected chi connectivity index (χ2v) is 9.59. The van der Waals surface area contributed by atoms with Crippen molar-refractivity contribution in [2.45, 2.75) is 18.4 Å². The molecule has 1 aliphatic rings. The van der Waals surface area contributed by atoms with E-state index in [-0.39, 0.29) is 30.7 Å². The molecule has 0 aliphatic carbocycles. The lowest BCUT2D eigenvalue weighted by Gasteiger charge is -2.32. The van der Waals surface area contributed by atoms with Crippen molar-refractivity contribution in [3.05, 3.63) is 59.2 Å². The molecule has 0 saturated carbocycles. The van der Waals surface area contributed by atoms with Crippen LogP contribution in [0.15, 0.2) is 52.9 Å². The van der Waals surface area contributed by atoms with E-state index in [0.29, 0.717) is 23.9 Å². The van der Waals surface area contributed by atoms with Gasteiger partial charge in [0, 0.05) is 42.7 Å². The van der Waals surface area contributed by atoms with E-state index in [1.54, 1.807) is 6.20 Å². The van der Waals surface area contributed by atoms with Gasteiger partial charge < -0.3 is 19.9 Å². The number of carbonyl (C=O) groups is 1. The number of benzene rings is 1. The van der Waals surface area contributed by atoms with Gasteiger partial charge in [-0.25, -0.2) is 9.97 Å². The number of ether oxygens (including phenoxy) is 1. The van der Waals surface area contributed by atoms with Crippen molar-refractivity contribution in [3.8, 4) is 5.75 Å². The molecule has 34 heavy (non-hydrogen) atoms. The monoisotopic (exact) mass is 541 g/mol. The number of aromatic nitrogens is 2. The highest BCUT2D eigenvalue weighted by molar-refractivity contribution is 8.00. The second-order valence-electron chi connectivity index (χ2n) is 7.68. The fourth-order valence-corrected chi connectivity index (χ4v) is 4.73. The van der Waals surface area contributed by atoms with Gasteiger partial charge in [-0.1, -0.05) is 30.3 Å². The van der Waals surface area contributed by atoms with Crippen molar-refractivity contribution in [1.82, 2.24) is 19.8 Å². The molecule has 3 heterocycles. The third-order valence-corrected chi connectivity index (χ3v) is 6.95. The van der Waals surface area contributed by atoms with Gasteiger partial charge in [-0.2, -0.15) is 0 Å². The Labute approximate surface area is 221 Å². The number of pyridine rings is 1. The quantitative estimate of drug-likeness (QED) is 0.407. The maximum atomic E-state index is 12.6. The van der Waals surface area contributed by atoms with Gasteiger partial charge in [0.05, 0.1) is 11.4 Å². The van der Waals surface area contributed by atoms with Crippen molar-refractivity contribution < 1.29 is 9.53 Å². The number of piperazine rings is 1. The standard InChI is InChI=1S/C23H27N5O2S2.2ClH/c1-17-15-32-23(25-17)26-22-20(30-14-18-6-4-3-5-7-18)12-19(13-24-22)31-16-21(29)28-10-8-27(2)9-11-28;;/h3-7,12-13,15H,8-11,14,16H2,1-2H3,(H,24,25,26);2*1H. The van der Waals surface area contributed by atoms with Crippen LogP contribution in [0.1, 0.15) is 11.3 Å². The first-order valence-corrected chi connectivity index (χ1v) is 12.4. The van der Waals surface area contributed by atoms with Gasteiger partial charge in [-0.05, 0) is 25.6 Å². The molecule has 0 unspecified atom stereocenters. The molecule has 2 aromatic heterocycles. The van der Waals surface area contributed by atoms with Gasteiger partial charge in [0.15, 0.2) is 16.7 Å². The minimum Gasteiger partial charge on any atom is -0.485 e. The van der Waals surface area contributed by atoms with E-state index >= 15 is 0 Å². The number of anilines is 2. The fourth-order valence-electron chi connectivity index (χ4n) is 3.25. The zero-order valence-electron chi connectivity index (χ0n) is 19.1. The molecule has 0 atom stereocenters. The van der Waals surface area contributed by atoms with Gasteiger partial charge in [-0.3, -0.25) is 4.79 Å². The van der Waals surface area contributed by atoms with E-state index in [1.165, 1.54) is 23.1 Å². The van der Waals surface area contributed by atoms with Gasteiger partial charge in [0.2, 0.25) is 5.91 Å². The molecule has 4 rings (SSSR count). The molecule has 1 amide bonds. The Hall–Kier alpha value is -2.04. The summed E-state index contributed by atoms with van der Waals surface area (Å²) in [5.74, 6) is 1.81. The van der Waals surface area contributed by atoms with Crippen LogP contribution in [0.2, 0.25) is 0 Å². The second kappa shape index (κ2) is 13.7. The van der Waals surface area contributed by atoms with Crippen molar-refractivity contribution in [2.75, 3.05) is 44.3 Å². The molecule has 7 nitrogen and oxygen atoms in total. The molecule has 1 fully saturated rings. The molecule has 1 aliphatic heterocycles. The maximum Gasteiger partial charge on any atom is 0.233 e. The van der Waals surface area contributed by atoms with Crippen molar-refractivity contribution in [3.63, 3.8) is 0 Å². The Bertz CT molecular complexity index is 1050. The summed E-state index contributed by atoms with van der Waals surface area (Å²) < 4.78 is 6.12. The highest BCUT2D eigenvalue weighted by Crippen LogP contribution is 2.32. The van der Waals surface area contributed by atoms with Gasteiger partial charge >= 0.3 is 0 Å². The van der Waals surface area contributed by atoms with Gasteiger partial charge in [-0.15, -0.1) is 47.9 Å². The third kappa shape index (κ3) is 8.02. The number of hydrogen-bond donors (Lipinski definition) is 1. The van der Waals surface area contributed by atoms with Crippen LogP contribution < -0.4 is 10.1 Å². The minimum absolute atomic E-state index is 0. The van der Waals surface area contributed by atoms with E-state index in [2.05, 4.69) is 27.2 Å². The Morgan fingerprint density at radius 2 is 1.91 bits per heavy atom. The Morgan fingerprint density at radius 1 is 1.18 bits per heavy atom. The zero-order valence-corrected chi connectivity index (χ0v) is 22.4. The number of amides is 1. The molecule has 0 bridgehead atoms. The van der Waals surface area contributed by atoms with Crippen molar-refractivity contribution in [1.29, 1.82) is 0 Å². The van der Waals surface area contributed by atoms with E-state index in [9.17, 15) is 4.79 Å². The number of nitrogens with one attached hydrogen (secondary N) is 1. The highest BCUT2D eigenvalue weighted by atomic mass is 35.5. The number of likely N-dealkylation sites (N-methyl/N-ethyl adjacent to an activating group) is 1. The molecule has 1 saturated heterocycles. The summed E-state index contributed by atoms with van der Waals surface area (Å²) in [6.45, 7) is 5.81. The predicted molar refractivity (Wildman–Crippen MR) is 144 cm³/mol. The van der Waals surface area contributed by atoms with Crippen LogP contribution in [0.3, 0.4) is 0 Å². The summed E-state index contributed by atoms with van der Waals surface area (Å²) in [7, 11) is 2.09. The Kier molecular flexibility index (Phi) is 11.4. The highest BCUT2D eigenvalue weighted by Gasteiger charge is 2.19. The Balaban J connectivity index is 0.00000204. The topological polar surface area (TPSA) is 70.6 Å². The normalized spacial score (nSPS) is 13.5. The molecular formula is C23H29Cl2N5O2S2. The van der Waals surface area contributed by atoms with Crippen LogP contribution in [0.5, 0.6) is 5.75 Å². The molecular weight excluding hydrogens is 513 g/mol. The molecule has 1 N–H and O–H groups in total. The van der Waals surface area contributed by atoms with Gasteiger partial charge in [0.1, 0.15) is 6.61 Å². The largest absolute Gasteiger partial charge is 0.485 e. The SMILES string of the molecule is Cc1csc(Nc2ncc(SCC(=O)N3CCN(C)CC3)cc2OCc2ccccc2)n1.Cl.Cl. The number of thioether (sulfide) groups is 1. The maximum absolute atomic E-state index is 12.6. The number of thiazole rings is 1. The number of halogens is 2. The number of nitrogens with zero attached hydrogens (tertiary/aromatic N) is 4. The fraction of sp³-hybridized carbons (Fsp3) is 0.348. The van der Waals surface area contributed by atoms with E-state index in [4.69, 9.17) is 4.74 Å². The average Bonchev–Trinajstić information content (AvgIpc) is 3.23. The summed E-state index contributed by atoms with van der Waals surface area (Å²) in [6, 6.07) is 12.0. The van der Waals surface area contributed by atoms with E-state index < -0.39 is 0 Å². The van der Waals surface area contributed by atoms with E-state index in [0.717, 1.165) is 47.5 Å². The lowest BCUT2D eigenvalue weighted by atomic mass is 10.2. The zero-order chi connectivity index (χ0) is 22.3. The first-order chi connectivity index (χ1) is 15.6. The smallest absolute Gasteiger partial charge is 0.233 e. The predicted octanol–water partition coefficient (Wildman–Crippen LogP) is 4.88. The number of carbonyl (C=O) groups excluding carboxylic acids is 1. The molecule has 0 spiro atoms. The number of rotatable bonds is 8. The number of hydrogen-bond acceptors (Lipinski definition) is 8. The van der Waals surface area contributed by atoms with Crippen molar-refractivity contribution in [2.24, 2.45) is 0 Å². The first-order valence-electron chi connectivity index (χ1n) is 10.5. The summed E-state index contributed by atoms with van der Waals surface area (Å²) in [5.41, 5.74) is 2.03. The summed E-state index contributed by atoms with van der Waals surface area (Å²) >= 11 is 3.02. The van der Waals surface area contributed by atoms with Gasteiger partial charge in [0.25, 0.3) is 0 Å². The summed E-state index contributed by atoms with van der Waals surface area (Å²) in [5, 5.41) is 6.02. The molecule has 11 heteroatoms. The van der Waals surface area contributed by atoms with Crippen molar-refractivity contribution >= 4 is 64.8 Å². The molecule has 3 aromatic rings. The molecule has 184 valence electrons. The van der Waals surface area contributed by atoms with Crippen LogP contribution >= 0.6 is 47.9 Å². The molecule has 1 aromatic carbocycles. The van der Waals surface area contributed by atoms with E-state index in [1.807, 2.05) is 53.6 Å². The van der Waals surface area contributed by atoms with Crippen LogP contribution in [-0.2, 0) is 11.4 Å². The lowest BCUT2D eigenvalue weighted by molar-refractivity contribution is -0.129. The van der Waals surface area contributed by atoms with Crippen LogP contribution in [0.4, 0.5) is 10.9 Å². The summed E-state index contributed by atoms with van der Waals surface area (Å²) in [6.07, 6.45) is 1.78. The van der Waals surface area contributed by atoms with Crippen LogP contribution in [0, 0.1) is 6.92 Å². The third-order valence-electron chi connectivity index (χ3n) is 5.13. The summed E-state index contributed by atoms with van der Waals surface area (Å²) in [4.78, 5) is 26.7. The Morgan fingerprint density at radius 3 is 2.59 bits per heavy atom. The lowest BCUT2D eigenvalue weighted by Crippen LogP contribution is -2.47. The van der Waals surface area contributed by atoms with Crippen LogP contribution in [0.25, 0.3) is 0 Å². The van der Waals surface area contributed by atoms with Crippen LogP contribution in [-0.4, -0.2) is 64.7 Å². The first kappa shape index (κ1) is 28.2.